The third-order valence-corrected chi connectivity index (χ3v) is 10.9. The minimum absolute atomic E-state index is 0.0656. The standard InChI is InChI=1S/C23H34O4Si/c1-23(2,3)28(4,5)27-21-12-11-20(26-16-17-9-7-6-8-10-17)19(21)15-18-13-14-25-22(18)24/h6-10,15,19-21H,11-14,16H2,1-5H3/b18-15+/t19-,20+,21+/m1/s1. The Hall–Kier alpha value is -1.43. The molecule has 1 aromatic carbocycles. The third kappa shape index (κ3) is 4.94. The van der Waals surface area contributed by atoms with Gasteiger partial charge in [0.2, 0.25) is 0 Å². The fourth-order valence-corrected chi connectivity index (χ4v) is 5.05. The van der Waals surface area contributed by atoms with Crippen LogP contribution in [0.4, 0.5) is 0 Å². The van der Waals surface area contributed by atoms with Crippen LogP contribution in [-0.2, 0) is 25.3 Å². The van der Waals surface area contributed by atoms with Crippen LogP contribution in [0.1, 0.15) is 45.6 Å². The lowest BCUT2D eigenvalue weighted by atomic mass is 9.99. The largest absolute Gasteiger partial charge is 0.462 e. The molecule has 28 heavy (non-hydrogen) atoms. The van der Waals surface area contributed by atoms with Crippen LogP contribution in [0, 0.1) is 5.92 Å². The van der Waals surface area contributed by atoms with Gasteiger partial charge in [0.25, 0.3) is 0 Å². The van der Waals surface area contributed by atoms with Crippen LogP contribution in [0.3, 0.4) is 0 Å². The molecule has 2 aliphatic rings. The summed E-state index contributed by atoms with van der Waals surface area (Å²) in [4.78, 5) is 12.0. The number of ether oxygens (including phenoxy) is 2. The lowest BCUT2D eigenvalue weighted by molar-refractivity contribution is -0.135. The predicted octanol–water partition coefficient (Wildman–Crippen LogP) is 5.25. The lowest BCUT2D eigenvalue weighted by Crippen LogP contribution is -2.45. The SMILES string of the molecule is CC(C)(C)[Si](C)(C)O[C@H]1CC[C@H](OCc2ccccc2)[C@H]1/C=C1\CCOC1=O. The van der Waals surface area contributed by atoms with Crippen LogP contribution in [0.15, 0.2) is 42.0 Å². The first-order valence-electron chi connectivity index (χ1n) is 10.4. The number of hydrogen-bond acceptors (Lipinski definition) is 4. The van der Waals surface area contributed by atoms with E-state index < -0.39 is 8.32 Å². The first-order chi connectivity index (χ1) is 13.2. The molecule has 1 aliphatic carbocycles. The Morgan fingerprint density at radius 3 is 2.43 bits per heavy atom. The van der Waals surface area contributed by atoms with Gasteiger partial charge >= 0.3 is 5.97 Å². The summed E-state index contributed by atoms with van der Waals surface area (Å²) in [7, 11) is -1.90. The molecular formula is C23H34O4Si. The second kappa shape index (κ2) is 8.52. The van der Waals surface area contributed by atoms with Crippen molar-refractivity contribution in [3.63, 3.8) is 0 Å². The van der Waals surface area contributed by atoms with E-state index in [4.69, 9.17) is 13.9 Å². The summed E-state index contributed by atoms with van der Waals surface area (Å²) in [6.45, 7) is 12.4. The molecule has 1 aliphatic heterocycles. The van der Waals surface area contributed by atoms with Gasteiger partial charge in [-0.25, -0.2) is 4.79 Å². The molecule has 0 N–H and O–H groups in total. The maximum atomic E-state index is 12.0. The Labute approximate surface area is 170 Å². The van der Waals surface area contributed by atoms with Crippen molar-refractivity contribution < 1.29 is 18.7 Å². The van der Waals surface area contributed by atoms with Crippen LogP contribution in [0.2, 0.25) is 18.1 Å². The summed E-state index contributed by atoms with van der Waals surface area (Å²) in [6.07, 6.45) is 4.87. The Bertz CT molecular complexity index is 705. The highest BCUT2D eigenvalue weighted by molar-refractivity contribution is 6.74. The quantitative estimate of drug-likeness (QED) is 0.370. The van der Waals surface area contributed by atoms with Crippen LogP contribution >= 0.6 is 0 Å². The molecule has 0 unspecified atom stereocenters. The van der Waals surface area contributed by atoms with Crippen molar-refractivity contribution in [2.24, 2.45) is 5.92 Å². The van der Waals surface area contributed by atoms with Crippen LogP contribution < -0.4 is 0 Å². The Morgan fingerprint density at radius 1 is 1.14 bits per heavy atom. The van der Waals surface area contributed by atoms with E-state index in [0.717, 1.165) is 18.4 Å². The number of carbonyl (C=O) groups is 1. The summed E-state index contributed by atoms with van der Waals surface area (Å²) < 4.78 is 18.2. The zero-order valence-electron chi connectivity index (χ0n) is 17.9. The fourth-order valence-electron chi connectivity index (χ4n) is 3.66. The molecule has 5 heteroatoms. The third-order valence-electron chi connectivity index (χ3n) is 6.41. The zero-order chi connectivity index (χ0) is 20.4. The highest BCUT2D eigenvalue weighted by atomic mass is 28.4. The van der Waals surface area contributed by atoms with E-state index in [1.54, 1.807) is 0 Å². The molecule has 3 rings (SSSR count). The number of cyclic esters (lactones) is 1. The van der Waals surface area contributed by atoms with E-state index in [9.17, 15) is 4.79 Å². The van der Waals surface area contributed by atoms with Crippen molar-refractivity contribution in [2.75, 3.05) is 6.61 Å². The molecule has 3 atom stereocenters. The van der Waals surface area contributed by atoms with E-state index in [0.29, 0.717) is 19.6 Å². The van der Waals surface area contributed by atoms with Gasteiger partial charge in [-0.3, -0.25) is 0 Å². The van der Waals surface area contributed by atoms with Gasteiger partial charge in [-0.2, -0.15) is 0 Å². The molecule has 0 amide bonds. The van der Waals surface area contributed by atoms with Crippen molar-refractivity contribution >= 4 is 14.3 Å². The molecule has 2 fully saturated rings. The van der Waals surface area contributed by atoms with Gasteiger partial charge in [0.1, 0.15) is 0 Å². The maximum absolute atomic E-state index is 12.0. The van der Waals surface area contributed by atoms with Crippen molar-refractivity contribution in [1.29, 1.82) is 0 Å². The van der Waals surface area contributed by atoms with Crippen LogP contribution in [0.5, 0.6) is 0 Å². The van der Waals surface area contributed by atoms with Gasteiger partial charge in [-0.1, -0.05) is 57.2 Å². The normalized spacial score (nSPS) is 27.4. The molecular weight excluding hydrogens is 368 g/mol. The fraction of sp³-hybridized carbons (Fsp3) is 0.609. The summed E-state index contributed by atoms with van der Waals surface area (Å²) in [5.41, 5.74) is 1.95. The van der Waals surface area contributed by atoms with Crippen molar-refractivity contribution in [2.45, 2.75) is 77.0 Å². The topological polar surface area (TPSA) is 44.8 Å². The van der Waals surface area contributed by atoms with Crippen molar-refractivity contribution in [3.05, 3.63) is 47.5 Å². The molecule has 0 bridgehead atoms. The molecule has 0 spiro atoms. The molecule has 0 radical (unpaired) electrons. The molecule has 154 valence electrons. The molecule has 0 aromatic heterocycles. The highest BCUT2D eigenvalue weighted by Crippen LogP contribution is 2.42. The first-order valence-corrected chi connectivity index (χ1v) is 13.3. The molecule has 1 saturated carbocycles. The second-order valence-corrected chi connectivity index (χ2v) is 14.2. The number of carbonyl (C=O) groups excluding carboxylic acids is 1. The zero-order valence-corrected chi connectivity index (χ0v) is 18.9. The molecule has 1 aromatic rings. The number of rotatable bonds is 6. The first kappa shape index (κ1) is 21.3. The second-order valence-electron chi connectivity index (χ2n) is 9.48. The highest BCUT2D eigenvalue weighted by Gasteiger charge is 2.45. The smallest absolute Gasteiger partial charge is 0.333 e. The van der Waals surface area contributed by atoms with Gasteiger partial charge < -0.3 is 13.9 Å². The Kier molecular flexibility index (Phi) is 6.47. The van der Waals surface area contributed by atoms with Gasteiger partial charge in [0.05, 0.1) is 25.4 Å². The van der Waals surface area contributed by atoms with Crippen molar-refractivity contribution in [3.8, 4) is 0 Å². The summed E-state index contributed by atoms with van der Waals surface area (Å²) in [6, 6.07) is 10.2. The molecule has 4 nitrogen and oxygen atoms in total. The number of esters is 1. The molecule has 1 heterocycles. The van der Waals surface area contributed by atoms with E-state index in [1.165, 1.54) is 5.56 Å². The van der Waals surface area contributed by atoms with E-state index in [2.05, 4.69) is 52.1 Å². The van der Waals surface area contributed by atoms with Crippen LogP contribution in [-0.4, -0.2) is 33.1 Å². The molecule has 1 saturated heterocycles. The summed E-state index contributed by atoms with van der Waals surface area (Å²) >= 11 is 0. The average Bonchev–Trinajstić information content (AvgIpc) is 3.20. The van der Waals surface area contributed by atoms with Gasteiger partial charge in [0.15, 0.2) is 8.32 Å². The predicted molar refractivity (Wildman–Crippen MR) is 113 cm³/mol. The average molecular weight is 403 g/mol. The van der Waals surface area contributed by atoms with E-state index in [-0.39, 0.29) is 29.1 Å². The van der Waals surface area contributed by atoms with Gasteiger partial charge in [0, 0.05) is 17.9 Å². The monoisotopic (exact) mass is 402 g/mol. The van der Waals surface area contributed by atoms with Crippen LogP contribution in [0.25, 0.3) is 0 Å². The summed E-state index contributed by atoms with van der Waals surface area (Å²) in [5, 5.41) is 0.153. The van der Waals surface area contributed by atoms with E-state index >= 15 is 0 Å². The number of benzene rings is 1. The van der Waals surface area contributed by atoms with E-state index in [1.807, 2.05) is 18.2 Å². The Balaban J connectivity index is 1.77. The summed E-state index contributed by atoms with van der Waals surface area (Å²) in [5.74, 6) is -0.0849. The van der Waals surface area contributed by atoms with Gasteiger partial charge in [-0.05, 0) is 36.5 Å². The number of hydrogen-bond donors (Lipinski definition) is 0. The lowest BCUT2D eigenvalue weighted by Gasteiger charge is -2.40. The minimum atomic E-state index is -1.90. The van der Waals surface area contributed by atoms with Gasteiger partial charge in [-0.15, -0.1) is 0 Å². The maximum Gasteiger partial charge on any atom is 0.333 e. The Morgan fingerprint density at radius 2 is 1.82 bits per heavy atom. The minimum Gasteiger partial charge on any atom is -0.462 e. The van der Waals surface area contributed by atoms with Crippen molar-refractivity contribution in [1.82, 2.24) is 0 Å².